The van der Waals surface area contributed by atoms with Gasteiger partial charge < -0.3 is 18.9 Å². The second-order valence-corrected chi connectivity index (χ2v) is 7.12. The molecule has 0 spiro atoms. The molecule has 2 rings (SSSR count). The third-order valence-electron chi connectivity index (χ3n) is 4.51. The minimum Gasteiger partial charge on any atom is -0.494 e. The molecule has 2 aromatic carbocycles. The van der Waals surface area contributed by atoms with E-state index in [9.17, 15) is 9.59 Å². The molecule has 6 heteroatoms. The van der Waals surface area contributed by atoms with Gasteiger partial charge in [0.05, 0.1) is 18.8 Å². The van der Waals surface area contributed by atoms with Gasteiger partial charge in [0.1, 0.15) is 5.75 Å². The molecule has 0 N–H and O–H groups in total. The number of carbonyl (C=O) groups is 2. The number of rotatable bonds is 13. The van der Waals surface area contributed by atoms with Crippen LogP contribution in [0.3, 0.4) is 0 Å². The van der Waals surface area contributed by atoms with Gasteiger partial charge in [0.2, 0.25) is 0 Å². The summed E-state index contributed by atoms with van der Waals surface area (Å²) in [4.78, 5) is 23.1. The van der Waals surface area contributed by atoms with Crippen molar-refractivity contribution in [1.29, 1.82) is 0 Å². The minimum absolute atomic E-state index is 0.0626. The number of carbonyl (C=O) groups excluding carboxylic acids is 2. The van der Waals surface area contributed by atoms with E-state index < -0.39 is 5.97 Å². The molecule has 0 unspecified atom stereocenters. The molecule has 6 nitrogen and oxygen atoms in total. The van der Waals surface area contributed by atoms with E-state index >= 15 is 0 Å². The van der Waals surface area contributed by atoms with Crippen LogP contribution in [0.4, 0.5) is 0 Å². The van der Waals surface area contributed by atoms with Gasteiger partial charge in [0, 0.05) is 12.7 Å². The number of hydrogen-bond donors (Lipinski definition) is 0. The molecule has 0 aliphatic rings. The van der Waals surface area contributed by atoms with Gasteiger partial charge in [-0.15, -0.1) is 0 Å². The van der Waals surface area contributed by atoms with Crippen LogP contribution >= 0.6 is 0 Å². The molecule has 0 fully saturated rings. The standard InChI is InChI=1S/C25H30O6/c1-19(2)24(26)30-17-7-5-4-6-16-29-23-14-12-21(13-15-23)20-8-10-22(11-9-20)25(27)31-18-28-3/h8-15H,1,4-7,16-18H2,2-3H3. The van der Waals surface area contributed by atoms with E-state index in [0.717, 1.165) is 42.6 Å². The fraction of sp³-hybridized carbons (Fsp3) is 0.360. The van der Waals surface area contributed by atoms with Gasteiger partial charge in [-0.25, -0.2) is 9.59 Å². The molecule has 2 aromatic rings. The Bertz CT molecular complexity index is 839. The molecule has 0 aliphatic carbocycles. The highest BCUT2D eigenvalue weighted by Crippen LogP contribution is 2.23. The van der Waals surface area contributed by atoms with Crippen LogP contribution in [0.5, 0.6) is 5.75 Å². The Balaban J connectivity index is 1.68. The zero-order chi connectivity index (χ0) is 22.5. The summed E-state index contributed by atoms with van der Waals surface area (Å²) >= 11 is 0. The van der Waals surface area contributed by atoms with Crippen molar-refractivity contribution < 1.29 is 28.5 Å². The highest BCUT2D eigenvalue weighted by atomic mass is 16.7. The first-order valence-electron chi connectivity index (χ1n) is 10.3. The van der Waals surface area contributed by atoms with Crippen LogP contribution in [-0.2, 0) is 19.0 Å². The summed E-state index contributed by atoms with van der Waals surface area (Å²) in [6.45, 7) is 6.21. The maximum atomic E-state index is 11.8. The Morgan fingerprint density at radius 3 is 1.97 bits per heavy atom. The van der Waals surface area contributed by atoms with Crippen molar-refractivity contribution in [3.63, 3.8) is 0 Å². The Hall–Kier alpha value is -3.12. The van der Waals surface area contributed by atoms with Gasteiger partial charge in [0.15, 0.2) is 6.79 Å². The fourth-order valence-electron chi connectivity index (χ4n) is 2.77. The third kappa shape index (κ3) is 8.64. The number of methoxy groups -OCH3 is 1. The highest BCUT2D eigenvalue weighted by molar-refractivity contribution is 5.90. The molecule has 0 atom stereocenters. The average Bonchev–Trinajstić information content (AvgIpc) is 2.79. The van der Waals surface area contributed by atoms with E-state index in [2.05, 4.69) is 6.58 Å². The van der Waals surface area contributed by atoms with Gasteiger partial charge in [-0.1, -0.05) is 30.8 Å². The van der Waals surface area contributed by atoms with Gasteiger partial charge in [-0.3, -0.25) is 0 Å². The largest absolute Gasteiger partial charge is 0.494 e. The zero-order valence-electron chi connectivity index (χ0n) is 18.2. The maximum absolute atomic E-state index is 11.8. The number of esters is 2. The number of benzene rings is 2. The van der Waals surface area contributed by atoms with Crippen LogP contribution < -0.4 is 4.74 Å². The summed E-state index contributed by atoms with van der Waals surface area (Å²) in [5, 5.41) is 0. The van der Waals surface area contributed by atoms with E-state index in [0.29, 0.717) is 24.4 Å². The van der Waals surface area contributed by atoms with Crippen molar-refractivity contribution in [2.24, 2.45) is 0 Å². The topological polar surface area (TPSA) is 71.1 Å². The average molecular weight is 427 g/mol. The molecule has 0 radical (unpaired) electrons. The third-order valence-corrected chi connectivity index (χ3v) is 4.51. The van der Waals surface area contributed by atoms with Crippen molar-refractivity contribution in [1.82, 2.24) is 0 Å². The van der Waals surface area contributed by atoms with Crippen LogP contribution in [0.1, 0.15) is 43.0 Å². The lowest BCUT2D eigenvalue weighted by atomic mass is 10.0. The van der Waals surface area contributed by atoms with E-state index in [1.54, 1.807) is 19.1 Å². The first-order chi connectivity index (χ1) is 15.0. The normalized spacial score (nSPS) is 10.4. The quantitative estimate of drug-likeness (QED) is 0.190. The van der Waals surface area contributed by atoms with E-state index in [-0.39, 0.29) is 12.8 Å². The summed E-state index contributed by atoms with van der Waals surface area (Å²) in [5.41, 5.74) is 2.95. The molecule has 31 heavy (non-hydrogen) atoms. The van der Waals surface area contributed by atoms with E-state index in [4.69, 9.17) is 18.9 Å². The van der Waals surface area contributed by atoms with Crippen molar-refractivity contribution in [3.8, 4) is 16.9 Å². The van der Waals surface area contributed by atoms with Crippen molar-refractivity contribution >= 4 is 11.9 Å². The van der Waals surface area contributed by atoms with E-state index in [1.165, 1.54) is 7.11 Å². The van der Waals surface area contributed by atoms with Crippen LogP contribution in [0.2, 0.25) is 0 Å². The SMILES string of the molecule is C=C(C)C(=O)OCCCCCCOc1ccc(-c2ccc(C(=O)OCOC)cc2)cc1. The zero-order valence-corrected chi connectivity index (χ0v) is 18.2. The van der Waals surface area contributed by atoms with Gasteiger partial charge in [-0.05, 0) is 68.0 Å². The summed E-state index contributed by atoms with van der Waals surface area (Å²) in [6, 6.07) is 15.1. The summed E-state index contributed by atoms with van der Waals surface area (Å²) in [5.74, 6) is 0.0798. The number of hydrogen-bond acceptors (Lipinski definition) is 6. The summed E-state index contributed by atoms with van der Waals surface area (Å²) < 4.78 is 20.5. The lowest BCUT2D eigenvalue weighted by molar-refractivity contribution is -0.139. The van der Waals surface area contributed by atoms with Crippen molar-refractivity contribution in [2.75, 3.05) is 27.1 Å². The smallest absolute Gasteiger partial charge is 0.340 e. The van der Waals surface area contributed by atoms with Crippen LogP contribution in [0, 0.1) is 0 Å². The van der Waals surface area contributed by atoms with Crippen molar-refractivity contribution in [2.45, 2.75) is 32.6 Å². The van der Waals surface area contributed by atoms with Crippen LogP contribution in [0.25, 0.3) is 11.1 Å². The maximum Gasteiger partial charge on any atom is 0.340 e. The Labute approximate surface area is 183 Å². The Kier molecular flexibility index (Phi) is 10.3. The molecule has 0 bridgehead atoms. The Morgan fingerprint density at radius 2 is 1.39 bits per heavy atom. The number of unbranched alkanes of at least 4 members (excludes halogenated alkanes) is 3. The Morgan fingerprint density at radius 1 is 0.806 bits per heavy atom. The van der Waals surface area contributed by atoms with Crippen molar-refractivity contribution in [3.05, 3.63) is 66.2 Å². The fourth-order valence-corrected chi connectivity index (χ4v) is 2.77. The van der Waals surface area contributed by atoms with E-state index in [1.807, 2.05) is 36.4 Å². The number of ether oxygens (including phenoxy) is 4. The minimum atomic E-state index is -0.412. The molecule has 0 aliphatic heterocycles. The first kappa shape index (κ1) is 24.2. The highest BCUT2D eigenvalue weighted by Gasteiger charge is 2.07. The van der Waals surface area contributed by atoms with Gasteiger partial charge >= 0.3 is 11.9 Å². The molecule has 0 saturated carbocycles. The predicted molar refractivity (Wildman–Crippen MR) is 119 cm³/mol. The lowest BCUT2D eigenvalue weighted by Crippen LogP contribution is -2.07. The molecule has 0 amide bonds. The first-order valence-corrected chi connectivity index (χ1v) is 10.3. The van der Waals surface area contributed by atoms with Crippen LogP contribution in [-0.4, -0.2) is 39.1 Å². The lowest BCUT2D eigenvalue weighted by Gasteiger charge is -2.08. The molecular formula is C25H30O6. The molecule has 166 valence electrons. The molecule has 0 heterocycles. The van der Waals surface area contributed by atoms with Gasteiger partial charge in [0.25, 0.3) is 0 Å². The molecule has 0 saturated heterocycles. The predicted octanol–water partition coefficient (Wildman–Crippen LogP) is 5.17. The van der Waals surface area contributed by atoms with Gasteiger partial charge in [-0.2, -0.15) is 0 Å². The molecule has 0 aromatic heterocycles. The summed E-state index contributed by atoms with van der Waals surface area (Å²) in [6.07, 6.45) is 3.79. The molecular weight excluding hydrogens is 396 g/mol. The van der Waals surface area contributed by atoms with Crippen LogP contribution in [0.15, 0.2) is 60.7 Å². The monoisotopic (exact) mass is 426 g/mol. The second-order valence-electron chi connectivity index (χ2n) is 7.12. The summed E-state index contributed by atoms with van der Waals surface area (Å²) in [7, 11) is 1.47. The second kappa shape index (κ2) is 13.2.